The lowest BCUT2D eigenvalue weighted by molar-refractivity contribution is 0.271. The zero-order valence-electron chi connectivity index (χ0n) is 7.36. The van der Waals surface area contributed by atoms with Crippen molar-refractivity contribution in [2.75, 3.05) is 7.05 Å². The van der Waals surface area contributed by atoms with Gasteiger partial charge in [-0.25, -0.2) is 0 Å². The number of rotatable bonds is 0. The second-order valence-corrected chi connectivity index (χ2v) is 3.12. The van der Waals surface area contributed by atoms with Crippen molar-refractivity contribution in [1.29, 1.82) is 0 Å². The van der Waals surface area contributed by atoms with Gasteiger partial charge in [-0.15, -0.1) is 0 Å². The molecule has 0 aliphatic carbocycles. The molecule has 2 nitrogen and oxygen atoms in total. The van der Waals surface area contributed by atoms with Crippen molar-refractivity contribution in [3.05, 3.63) is 35.4 Å². The first kappa shape index (κ1) is 7.35. The summed E-state index contributed by atoms with van der Waals surface area (Å²) in [4.78, 5) is 0. The smallest absolute Gasteiger partial charge is 0.0694 e. The molecule has 1 aromatic rings. The molecule has 1 unspecified atom stereocenters. The van der Waals surface area contributed by atoms with Gasteiger partial charge in [0.2, 0.25) is 0 Å². The fourth-order valence-electron chi connectivity index (χ4n) is 1.46. The van der Waals surface area contributed by atoms with Crippen LogP contribution in [0.4, 0.5) is 0 Å². The zero-order valence-corrected chi connectivity index (χ0v) is 7.36. The second-order valence-electron chi connectivity index (χ2n) is 3.12. The number of hydrazone groups is 1. The highest BCUT2D eigenvalue weighted by Crippen LogP contribution is 2.24. The number of hydrogen-bond donors (Lipinski definition) is 0. The third-order valence-corrected chi connectivity index (χ3v) is 2.39. The standard InChI is InChI=1S/C10H12N2/c1-8-10-6-4-3-5-9(10)7-11-12(8)2/h3-8H,1-2H3. The zero-order chi connectivity index (χ0) is 8.55. The molecule has 2 heteroatoms. The van der Waals surface area contributed by atoms with Gasteiger partial charge >= 0.3 is 0 Å². The maximum absolute atomic E-state index is 4.26. The van der Waals surface area contributed by atoms with Crippen LogP contribution in [0.2, 0.25) is 0 Å². The fraction of sp³-hybridized carbons (Fsp3) is 0.300. The maximum Gasteiger partial charge on any atom is 0.0694 e. The average Bonchev–Trinajstić information content (AvgIpc) is 2.12. The summed E-state index contributed by atoms with van der Waals surface area (Å²) in [6, 6.07) is 8.76. The molecule has 0 amide bonds. The van der Waals surface area contributed by atoms with Crippen LogP contribution in [-0.4, -0.2) is 18.3 Å². The molecule has 12 heavy (non-hydrogen) atoms. The molecule has 0 spiro atoms. The first-order valence-corrected chi connectivity index (χ1v) is 4.15. The lowest BCUT2D eigenvalue weighted by Crippen LogP contribution is -2.21. The summed E-state index contributed by atoms with van der Waals surface area (Å²) in [6.07, 6.45) is 1.91. The molecule has 1 aliphatic rings. The van der Waals surface area contributed by atoms with E-state index in [9.17, 15) is 0 Å². The molecule has 0 fully saturated rings. The number of benzene rings is 1. The predicted molar refractivity (Wildman–Crippen MR) is 50.2 cm³/mol. The average molecular weight is 160 g/mol. The second kappa shape index (κ2) is 2.63. The third-order valence-electron chi connectivity index (χ3n) is 2.39. The van der Waals surface area contributed by atoms with Gasteiger partial charge in [0.25, 0.3) is 0 Å². The van der Waals surface area contributed by atoms with Gasteiger partial charge in [-0.3, -0.25) is 5.01 Å². The quantitative estimate of drug-likeness (QED) is 0.567. The van der Waals surface area contributed by atoms with Crippen LogP contribution in [-0.2, 0) is 0 Å². The Bertz CT molecular complexity index is 317. The minimum Gasteiger partial charge on any atom is -0.293 e. The molecular weight excluding hydrogens is 148 g/mol. The lowest BCUT2D eigenvalue weighted by atomic mass is 10.0. The molecule has 1 aliphatic heterocycles. The Morgan fingerprint density at radius 1 is 1.33 bits per heavy atom. The summed E-state index contributed by atoms with van der Waals surface area (Å²) >= 11 is 0. The van der Waals surface area contributed by atoms with Crippen molar-refractivity contribution in [1.82, 2.24) is 5.01 Å². The van der Waals surface area contributed by atoms with E-state index in [4.69, 9.17) is 0 Å². The Morgan fingerprint density at radius 2 is 2.08 bits per heavy atom. The Hall–Kier alpha value is -1.31. The van der Waals surface area contributed by atoms with Gasteiger partial charge in [0.15, 0.2) is 0 Å². The Balaban J connectivity index is 2.52. The molecule has 1 heterocycles. The van der Waals surface area contributed by atoms with E-state index in [-0.39, 0.29) is 0 Å². The molecule has 0 radical (unpaired) electrons. The van der Waals surface area contributed by atoms with Crippen LogP contribution in [0.1, 0.15) is 24.1 Å². The minimum atomic E-state index is 0.395. The third kappa shape index (κ3) is 0.998. The van der Waals surface area contributed by atoms with E-state index in [1.165, 1.54) is 11.1 Å². The van der Waals surface area contributed by atoms with Crippen LogP contribution in [0.3, 0.4) is 0 Å². The van der Waals surface area contributed by atoms with Crippen molar-refractivity contribution < 1.29 is 0 Å². The van der Waals surface area contributed by atoms with E-state index in [2.05, 4.69) is 30.2 Å². The van der Waals surface area contributed by atoms with Gasteiger partial charge < -0.3 is 0 Å². The van der Waals surface area contributed by atoms with E-state index >= 15 is 0 Å². The van der Waals surface area contributed by atoms with Gasteiger partial charge in [-0.1, -0.05) is 24.3 Å². The highest BCUT2D eigenvalue weighted by atomic mass is 15.4. The first-order valence-electron chi connectivity index (χ1n) is 4.15. The van der Waals surface area contributed by atoms with Crippen molar-refractivity contribution in [2.45, 2.75) is 13.0 Å². The Kier molecular flexibility index (Phi) is 1.61. The number of fused-ring (bicyclic) bond motifs is 1. The van der Waals surface area contributed by atoms with Crippen molar-refractivity contribution in [3.8, 4) is 0 Å². The van der Waals surface area contributed by atoms with E-state index in [1.54, 1.807) is 0 Å². The molecular formula is C10H12N2. The molecule has 0 bridgehead atoms. The minimum absolute atomic E-state index is 0.395. The summed E-state index contributed by atoms with van der Waals surface area (Å²) in [5.74, 6) is 0. The highest BCUT2D eigenvalue weighted by molar-refractivity contribution is 5.82. The van der Waals surface area contributed by atoms with E-state index in [0.717, 1.165) is 0 Å². The topological polar surface area (TPSA) is 15.6 Å². The highest BCUT2D eigenvalue weighted by Gasteiger charge is 2.15. The van der Waals surface area contributed by atoms with E-state index in [0.29, 0.717) is 6.04 Å². The largest absolute Gasteiger partial charge is 0.293 e. The lowest BCUT2D eigenvalue weighted by Gasteiger charge is -2.27. The monoisotopic (exact) mass is 160 g/mol. The van der Waals surface area contributed by atoms with Gasteiger partial charge in [-0.2, -0.15) is 5.10 Å². The van der Waals surface area contributed by atoms with Crippen LogP contribution in [0.15, 0.2) is 29.4 Å². The number of hydrogen-bond acceptors (Lipinski definition) is 2. The van der Waals surface area contributed by atoms with Crippen LogP contribution < -0.4 is 0 Å². The molecule has 62 valence electrons. The molecule has 0 saturated carbocycles. The summed E-state index contributed by atoms with van der Waals surface area (Å²) in [5, 5.41) is 6.24. The van der Waals surface area contributed by atoms with Crippen LogP contribution in [0.5, 0.6) is 0 Å². The van der Waals surface area contributed by atoms with Gasteiger partial charge in [0.1, 0.15) is 0 Å². The molecule has 0 N–H and O–H groups in total. The van der Waals surface area contributed by atoms with Gasteiger partial charge in [-0.05, 0) is 18.1 Å². The molecule has 1 aromatic carbocycles. The van der Waals surface area contributed by atoms with Crippen molar-refractivity contribution in [2.24, 2.45) is 5.10 Å². The summed E-state index contributed by atoms with van der Waals surface area (Å²) < 4.78 is 0. The van der Waals surface area contributed by atoms with Crippen molar-refractivity contribution in [3.63, 3.8) is 0 Å². The summed E-state index contributed by atoms with van der Waals surface area (Å²) in [5.41, 5.74) is 2.60. The van der Waals surface area contributed by atoms with E-state index < -0.39 is 0 Å². The molecule has 0 saturated heterocycles. The summed E-state index contributed by atoms with van der Waals surface area (Å²) in [7, 11) is 2.00. The molecule has 2 rings (SSSR count). The van der Waals surface area contributed by atoms with Crippen LogP contribution in [0, 0.1) is 0 Å². The fourth-order valence-corrected chi connectivity index (χ4v) is 1.46. The SMILES string of the molecule is CC1c2ccccc2C=NN1C. The van der Waals surface area contributed by atoms with Crippen molar-refractivity contribution >= 4 is 6.21 Å². The number of nitrogens with zero attached hydrogens (tertiary/aromatic N) is 2. The molecule has 0 aromatic heterocycles. The normalized spacial score (nSPS) is 20.8. The Labute approximate surface area is 72.5 Å². The first-order chi connectivity index (χ1) is 5.79. The summed E-state index contributed by atoms with van der Waals surface area (Å²) in [6.45, 7) is 2.16. The molecule has 1 atom stereocenters. The van der Waals surface area contributed by atoms with Gasteiger partial charge in [0, 0.05) is 7.05 Å². The van der Waals surface area contributed by atoms with Crippen LogP contribution >= 0.6 is 0 Å². The van der Waals surface area contributed by atoms with E-state index in [1.807, 2.05) is 24.3 Å². The maximum atomic E-state index is 4.26. The van der Waals surface area contributed by atoms with Gasteiger partial charge in [0.05, 0.1) is 12.3 Å². The van der Waals surface area contributed by atoms with Crippen LogP contribution in [0.25, 0.3) is 0 Å². The predicted octanol–water partition coefficient (Wildman–Crippen LogP) is 2.03. The Morgan fingerprint density at radius 3 is 2.92 bits per heavy atom.